The maximum absolute atomic E-state index is 14.2. The monoisotopic (exact) mass is 561 g/mol. The van der Waals surface area contributed by atoms with Crippen molar-refractivity contribution >= 4 is 23.7 Å². The highest BCUT2D eigenvalue weighted by atomic mass is 16.6. The van der Waals surface area contributed by atoms with Gasteiger partial charge in [-0.05, 0) is 52.4 Å². The van der Waals surface area contributed by atoms with E-state index in [1.165, 1.54) is 4.90 Å². The number of nitrogens with zero attached hydrogens (tertiary/aromatic N) is 2. The number of aliphatic hydroxyl groups excluding tert-OH is 1. The lowest BCUT2D eigenvalue weighted by molar-refractivity contribution is -0.160. The van der Waals surface area contributed by atoms with Gasteiger partial charge in [-0.1, -0.05) is 26.0 Å². The zero-order valence-corrected chi connectivity index (χ0v) is 24.6. The second-order valence-electron chi connectivity index (χ2n) is 12.0. The largest absolute Gasteiger partial charge is 0.460 e. The number of ether oxygens (including phenoxy) is 2. The second kappa shape index (κ2) is 13.3. The van der Waals surface area contributed by atoms with Crippen LogP contribution in [0.25, 0.3) is 0 Å². The zero-order chi connectivity index (χ0) is 29.8. The second-order valence-corrected chi connectivity index (χ2v) is 12.0. The summed E-state index contributed by atoms with van der Waals surface area (Å²) in [4.78, 5) is 57.1. The lowest BCUT2D eigenvalue weighted by atomic mass is 9.70. The number of likely N-dealkylation sites (tertiary alicyclic amines) is 1. The molecule has 3 amide bonds. The summed E-state index contributed by atoms with van der Waals surface area (Å²) in [7, 11) is 0. The van der Waals surface area contributed by atoms with Crippen LogP contribution in [0.2, 0.25) is 0 Å². The van der Waals surface area contributed by atoms with Crippen molar-refractivity contribution in [2.24, 2.45) is 17.8 Å². The van der Waals surface area contributed by atoms with Gasteiger partial charge in [0.05, 0.1) is 37.1 Å². The van der Waals surface area contributed by atoms with Crippen LogP contribution in [0.3, 0.4) is 0 Å². The molecule has 224 valence electrons. The molecule has 2 bridgehead atoms. The van der Waals surface area contributed by atoms with Crippen LogP contribution in [0.5, 0.6) is 0 Å². The number of carbonyl (C=O) groups excluding carboxylic acids is 4. The lowest BCUT2D eigenvalue weighted by Crippen LogP contribution is -2.59. The minimum absolute atomic E-state index is 0.142. The van der Waals surface area contributed by atoms with Gasteiger partial charge in [-0.15, -0.1) is 13.2 Å². The van der Waals surface area contributed by atoms with E-state index in [4.69, 9.17) is 9.47 Å². The topological polar surface area (TPSA) is 125 Å². The van der Waals surface area contributed by atoms with Crippen molar-refractivity contribution in [3.05, 3.63) is 25.3 Å². The predicted octanol–water partition coefficient (Wildman–Crippen LogP) is 2.21. The van der Waals surface area contributed by atoms with E-state index in [2.05, 4.69) is 18.5 Å². The van der Waals surface area contributed by atoms with Gasteiger partial charge in [0, 0.05) is 19.0 Å². The minimum Gasteiger partial charge on any atom is -0.460 e. The molecule has 0 aliphatic carbocycles. The molecule has 3 fully saturated rings. The summed E-state index contributed by atoms with van der Waals surface area (Å²) in [5, 5.41) is 13.1. The van der Waals surface area contributed by atoms with Gasteiger partial charge in [-0.2, -0.15) is 0 Å². The molecule has 10 heteroatoms. The van der Waals surface area contributed by atoms with E-state index in [1.807, 2.05) is 27.7 Å². The van der Waals surface area contributed by atoms with E-state index >= 15 is 0 Å². The third-order valence-electron chi connectivity index (χ3n) is 8.30. The number of hydrogen-bond donors (Lipinski definition) is 2. The molecule has 0 unspecified atom stereocenters. The maximum atomic E-state index is 14.2. The van der Waals surface area contributed by atoms with Gasteiger partial charge in [0.25, 0.3) is 0 Å². The number of carbonyl (C=O) groups is 4. The number of esters is 1. The number of nitrogens with one attached hydrogen (secondary N) is 1. The number of allylic oxidation sites excluding steroid dienone is 1. The maximum Gasteiger partial charge on any atom is 0.312 e. The van der Waals surface area contributed by atoms with Crippen molar-refractivity contribution in [1.82, 2.24) is 15.1 Å². The molecule has 0 aromatic rings. The van der Waals surface area contributed by atoms with Crippen LogP contribution in [0.1, 0.15) is 66.7 Å². The molecule has 10 nitrogen and oxygen atoms in total. The highest BCUT2D eigenvalue weighted by Gasteiger charge is 2.75. The van der Waals surface area contributed by atoms with Gasteiger partial charge in [0.1, 0.15) is 17.7 Å². The Hall–Kier alpha value is -2.72. The van der Waals surface area contributed by atoms with Crippen LogP contribution in [-0.2, 0) is 28.7 Å². The molecule has 2 N–H and O–H groups in total. The zero-order valence-electron chi connectivity index (χ0n) is 24.6. The Labute approximate surface area is 238 Å². The average Bonchev–Trinajstić information content (AvgIpc) is 3.54. The van der Waals surface area contributed by atoms with Gasteiger partial charge in [-0.25, -0.2) is 0 Å². The average molecular weight is 562 g/mol. The molecule has 3 heterocycles. The fourth-order valence-electron chi connectivity index (χ4n) is 6.60. The number of aliphatic hydroxyl groups is 1. The van der Waals surface area contributed by atoms with E-state index in [1.54, 1.807) is 24.0 Å². The van der Waals surface area contributed by atoms with E-state index in [0.717, 1.165) is 0 Å². The Morgan fingerprint density at radius 3 is 2.50 bits per heavy atom. The minimum atomic E-state index is -1.18. The molecule has 3 aliphatic heterocycles. The highest BCUT2D eigenvalue weighted by molar-refractivity contribution is 5.98. The van der Waals surface area contributed by atoms with Crippen molar-refractivity contribution in [3.63, 3.8) is 0 Å². The molecule has 0 aromatic carbocycles. The molecule has 0 saturated carbocycles. The van der Waals surface area contributed by atoms with Gasteiger partial charge < -0.3 is 29.7 Å². The van der Waals surface area contributed by atoms with Crippen LogP contribution in [-0.4, -0.2) is 94.2 Å². The molecule has 3 rings (SSSR count). The molecule has 1 spiro atoms. The van der Waals surface area contributed by atoms with E-state index in [0.29, 0.717) is 38.6 Å². The van der Waals surface area contributed by atoms with Gasteiger partial charge >= 0.3 is 5.97 Å². The molecule has 7 atom stereocenters. The van der Waals surface area contributed by atoms with Crippen molar-refractivity contribution in [2.45, 2.75) is 103 Å². The summed E-state index contributed by atoms with van der Waals surface area (Å²) in [6.45, 7) is 17.0. The predicted molar refractivity (Wildman–Crippen MR) is 150 cm³/mol. The molecule has 3 saturated heterocycles. The molecule has 40 heavy (non-hydrogen) atoms. The standard InChI is InChI=1S/C30H47N3O7/c1-8-10-11-23(35)31-16-20(7)39-29(38)24-22-12-13-30(40-22)25(24)27(36)33(21(17-34)15-18(3)4)26(30)28(37)32(14-9-2)19(5)6/h8-9,18-22,24-26,34H,1-2,10-17H2,3-7H3,(H,31,35)/t20-,21+,22-,24+,25+,26-,30+/m0/s1. The summed E-state index contributed by atoms with van der Waals surface area (Å²) in [6, 6.07) is -1.71. The first-order chi connectivity index (χ1) is 18.9. The Morgan fingerprint density at radius 1 is 1.23 bits per heavy atom. The SMILES string of the molecule is C=CCCC(=O)NC[C@H](C)OC(=O)[C@@H]1[C@@H]2CC[C@]3(O2)[C@H](C(=O)N(CC=C)C(C)C)N([C@@H](CO)CC(C)C)C(=O)[C@@H]13. The van der Waals surface area contributed by atoms with Crippen molar-refractivity contribution < 1.29 is 33.8 Å². The summed E-state index contributed by atoms with van der Waals surface area (Å²) in [6.07, 6.45) is 4.48. The van der Waals surface area contributed by atoms with E-state index < -0.39 is 47.7 Å². The van der Waals surface area contributed by atoms with Crippen LogP contribution in [0.4, 0.5) is 0 Å². The van der Waals surface area contributed by atoms with E-state index in [9.17, 15) is 24.3 Å². The number of amides is 3. The summed E-state index contributed by atoms with van der Waals surface area (Å²) < 4.78 is 12.2. The van der Waals surface area contributed by atoms with E-state index in [-0.39, 0.29) is 42.8 Å². The van der Waals surface area contributed by atoms with Crippen molar-refractivity contribution in [1.29, 1.82) is 0 Å². The highest BCUT2D eigenvalue weighted by Crippen LogP contribution is 2.59. The normalized spacial score (nSPS) is 28.4. The summed E-state index contributed by atoms with van der Waals surface area (Å²) in [5.74, 6) is -2.95. The fraction of sp³-hybridized carbons (Fsp3) is 0.733. The molecule has 0 radical (unpaired) electrons. The summed E-state index contributed by atoms with van der Waals surface area (Å²) >= 11 is 0. The molecule has 0 aromatic heterocycles. The van der Waals surface area contributed by atoms with Gasteiger partial charge in [-0.3, -0.25) is 19.2 Å². The van der Waals surface area contributed by atoms with Crippen LogP contribution >= 0.6 is 0 Å². The Morgan fingerprint density at radius 2 is 1.93 bits per heavy atom. The summed E-state index contributed by atoms with van der Waals surface area (Å²) in [5.41, 5.74) is -1.18. The Kier molecular flexibility index (Phi) is 10.6. The first-order valence-electron chi connectivity index (χ1n) is 14.5. The lowest BCUT2D eigenvalue weighted by Gasteiger charge is -2.40. The quantitative estimate of drug-likeness (QED) is 0.232. The number of rotatable bonds is 15. The number of hydrogen-bond acceptors (Lipinski definition) is 7. The first kappa shape index (κ1) is 31.8. The third kappa shape index (κ3) is 6.12. The Bertz CT molecular complexity index is 982. The molecular weight excluding hydrogens is 514 g/mol. The van der Waals surface area contributed by atoms with Gasteiger partial charge in [0.15, 0.2) is 0 Å². The van der Waals surface area contributed by atoms with Crippen LogP contribution in [0.15, 0.2) is 25.3 Å². The molecular formula is C30H47N3O7. The van der Waals surface area contributed by atoms with Crippen LogP contribution in [0, 0.1) is 17.8 Å². The van der Waals surface area contributed by atoms with Crippen molar-refractivity contribution in [2.75, 3.05) is 19.7 Å². The fourth-order valence-corrected chi connectivity index (χ4v) is 6.60. The molecule has 3 aliphatic rings. The third-order valence-corrected chi connectivity index (χ3v) is 8.30. The van der Waals surface area contributed by atoms with Crippen molar-refractivity contribution in [3.8, 4) is 0 Å². The first-order valence-corrected chi connectivity index (χ1v) is 14.5. The number of fused-ring (bicyclic) bond motifs is 1. The van der Waals surface area contributed by atoms with Gasteiger partial charge in [0.2, 0.25) is 17.7 Å². The smallest absolute Gasteiger partial charge is 0.312 e. The Balaban J connectivity index is 1.91. The van der Waals surface area contributed by atoms with Crippen LogP contribution < -0.4 is 5.32 Å².